The van der Waals surface area contributed by atoms with Crippen LogP contribution in [-0.4, -0.2) is 22.4 Å². The highest BCUT2D eigenvalue weighted by molar-refractivity contribution is 5.34. The number of nitrogens with zero attached hydrogens (tertiary/aromatic N) is 2. The highest BCUT2D eigenvalue weighted by Crippen LogP contribution is 2.24. The lowest BCUT2D eigenvalue weighted by molar-refractivity contribution is -0.384. The molecule has 0 heterocycles. The van der Waals surface area contributed by atoms with Crippen LogP contribution < -0.4 is 0 Å². The average Bonchev–Trinajstić information content (AvgIpc) is 2.46. The molecule has 0 saturated heterocycles. The van der Waals surface area contributed by atoms with Gasteiger partial charge in [-0.25, -0.2) is 0 Å². The average molecular weight is 262 g/mol. The largest absolute Gasteiger partial charge is 0.296 e. The van der Waals surface area contributed by atoms with Crippen molar-refractivity contribution in [1.29, 1.82) is 0 Å². The van der Waals surface area contributed by atoms with E-state index in [-0.39, 0.29) is 10.6 Å². The van der Waals surface area contributed by atoms with E-state index in [4.69, 9.17) is 0 Å². The molecule has 19 heavy (non-hydrogen) atoms. The molecule has 2 rings (SSSR count). The summed E-state index contributed by atoms with van der Waals surface area (Å²) in [6.07, 6.45) is 6.52. The van der Waals surface area contributed by atoms with E-state index in [1.165, 1.54) is 32.1 Å². The highest BCUT2D eigenvalue weighted by Gasteiger charge is 2.20. The number of nitro benzene ring substituents is 1. The summed E-state index contributed by atoms with van der Waals surface area (Å²) in [5.41, 5.74) is 1.24. The van der Waals surface area contributed by atoms with Crippen molar-refractivity contribution in [1.82, 2.24) is 4.90 Å². The summed E-state index contributed by atoms with van der Waals surface area (Å²) >= 11 is 0. The lowest BCUT2D eigenvalue weighted by Gasteiger charge is -2.33. The van der Waals surface area contributed by atoms with E-state index in [2.05, 4.69) is 11.8 Å². The van der Waals surface area contributed by atoms with Gasteiger partial charge in [0.2, 0.25) is 0 Å². The molecule has 1 aromatic carbocycles. The summed E-state index contributed by atoms with van der Waals surface area (Å²) < 4.78 is 0. The maximum absolute atomic E-state index is 10.8. The second-order valence-corrected chi connectivity index (χ2v) is 5.28. The summed E-state index contributed by atoms with van der Waals surface area (Å²) in [7, 11) is 0. The Balaban J connectivity index is 2.04. The number of hydrogen-bond acceptors (Lipinski definition) is 3. The fraction of sp³-hybridized carbons (Fsp3) is 0.600. The van der Waals surface area contributed by atoms with E-state index in [1.807, 2.05) is 6.07 Å². The fourth-order valence-corrected chi connectivity index (χ4v) is 2.95. The van der Waals surface area contributed by atoms with Crippen molar-refractivity contribution in [2.45, 2.75) is 51.6 Å². The predicted molar refractivity (Wildman–Crippen MR) is 76.1 cm³/mol. The van der Waals surface area contributed by atoms with Crippen LogP contribution in [0.1, 0.15) is 44.6 Å². The van der Waals surface area contributed by atoms with E-state index in [9.17, 15) is 10.1 Å². The number of benzene rings is 1. The van der Waals surface area contributed by atoms with Crippen LogP contribution in [0.5, 0.6) is 0 Å². The van der Waals surface area contributed by atoms with Crippen molar-refractivity contribution in [3.63, 3.8) is 0 Å². The molecular weight excluding hydrogens is 240 g/mol. The molecule has 0 amide bonds. The van der Waals surface area contributed by atoms with Crippen molar-refractivity contribution in [2.24, 2.45) is 0 Å². The summed E-state index contributed by atoms with van der Waals surface area (Å²) in [6.45, 7) is 4.00. The van der Waals surface area contributed by atoms with Crippen LogP contribution in [0.15, 0.2) is 24.3 Å². The third-order valence-electron chi connectivity index (χ3n) is 4.00. The summed E-state index contributed by atoms with van der Waals surface area (Å²) in [5.74, 6) is 0. The Kier molecular flexibility index (Phi) is 4.91. The van der Waals surface area contributed by atoms with Crippen LogP contribution >= 0.6 is 0 Å². The topological polar surface area (TPSA) is 46.4 Å². The van der Waals surface area contributed by atoms with Gasteiger partial charge in [-0.05, 0) is 24.9 Å². The summed E-state index contributed by atoms with van der Waals surface area (Å²) in [5, 5.41) is 10.8. The minimum Gasteiger partial charge on any atom is -0.296 e. The number of hydrogen-bond donors (Lipinski definition) is 0. The molecule has 1 fully saturated rings. The van der Waals surface area contributed by atoms with Crippen LogP contribution in [0.2, 0.25) is 0 Å². The maximum Gasteiger partial charge on any atom is 0.269 e. The molecule has 4 nitrogen and oxygen atoms in total. The quantitative estimate of drug-likeness (QED) is 0.599. The van der Waals surface area contributed by atoms with Gasteiger partial charge < -0.3 is 0 Å². The minimum absolute atomic E-state index is 0.192. The van der Waals surface area contributed by atoms with Gasteiger partial charge in [0.25, 0.3) is 5.69 Å². The first-order valence-corrected chi connectivity index (χ1v) is 7.18. The Morgan fingerprint density at radius 3 is 2.68 bits per heavy atom. The second-order valence-electron chi connectivity index (χ2n) is 5.28. The molecule has 0 atom stereocenters. The van der Waals surface area contributed by atoms with Gasteiger partial charge in [0, 0.05) is 24.7 Å². The van der Waals surface area contributed by atoms with Crippen LogP contribution in [0, 0.1) is 10.1 Å². The van der Waals surface area contributed by atoms with Crippen molar-refractivity contribution in [3.05, 3.63) is 39.9 Å². The zero-order valence-electron chi connectivity index (χ0n) is 11.5. The zero-order valence-corrected chi connectivity index (χ0v) is 11.5. The Labute approximate surface area is 114 Å². The molecule has 0 unspecified atom stereocenters. The molecule has 0 spiro atoms. The monoisotopic (exact) mass is 262 g/mol. The van der Waals surface area contributed by atoms with Crippen molar-refractivity contribution >= 4 is 5.69 Å². The van der Waals surface area contributed by atoms with Gasteiger partial charge in [0.15, 0.2) is 0 Å². The van der Waals surface area contributed by atoms with Gasteiger partial charge in [-0.2, -0.15) is 0 Å². The first-order chi connectivity index (χ1) is 9.20. The first kappa shape index (κ1) is 14.0. The zero-order chi connectivity index (χ0) is 13.7. The van der Waals surface area contributed by atoms with Crippen molar-refractivity contribution < 1.29 is 4.92 Å². The van der Waals surface area contributed by atoms with Crippen molar-refractivity contribution in [3.8, 4) is 0 Å². The van der Waals surface area contributed by atoms with E-state index in [0.717, 1.165) is 18.7 Å². The molecule has 1 saturated carbocycles. The molecule has 0 bridgehead atoms. The molecule has 1 aliphatic rings. The Morgan fingerprint density at radius 1 is 1.32 bits per heavy atom. The van der Waals surface area contributed by atoms with Gasteiger partial charge in [-0.15, -0.1) is 0 Å². The molecule has 1 aromatic rings. The normalized spacial score (nSPS) is 16.7. The summed E-state index contributed by atoms with van der Waals surface area (Å²) in [4.78, 5) is 12.9. The Morgan fingerprint density at radius 2 is 2.05 bits per heavy atom. The van der Waals surface area contributed by atoms with Crippen LogP contribution in [-0.2, 0) is 6.54 Å². The standard InChI is InChI=1S/C15H22N2O2/c1-2-16(14-8-4-3-5-9-14)12-13-7-6-10-15(11-13)17(18)19/h6-7,10-11,14H,2-5,8-9,12H2,1H3. The van der Waals surface area contributed by atoms with E-state index >= 15 is 0 Å². The molecular formula is C15H22N2O2. The van der Waals surface area contributed by atoms with Gasteiger partial charge in [-0.1, -0.05) is 38.3 Å². The van der Waals surface area contributed by atoms with Gasteiger partial charge in [0.1, 0.15) is 0 Å². The minimum atomic E-state index is -0.319. The number of rotatable bonds is 5. The van der Waals surface area contributed by atoms with Gasteiger partial charge in [-0.3, -0.25) is 15.0 Å². The van der Waals surface area contributed by atoms with E-state index in [0.29, 0.717) is 6.04 Å². The SMILES string of the molecule is CCN(Cc1cccc([N+](=O)[O-])c1)C1CCCCC1. The van der Waals surface area contributed by atoms with Gasteiger partial charge in [0.05, 0.1) is 4.92 Å². The molecule has 0 radical (unpaired) electrons. The van der Waals surface area contributed by atoms with Crippen molar-refractivity contribution in [2.75, 3.05) is 6.54 Å². The second kappa shape index (κ2) is 6.66. The Bertz CT molecular complexity index is 428. The highest BCUT2D eigenvalue weighted by atomic mass is 16.6. The molecule has 104 valence electrons. The van der Waals surface area contributed by atoms with Crippen LogP contribution in [0.3, 0.4) is 0 Å². The maximum atomic E-state index is 10.8. The first-order valence-electron chi connectivity index (χ1n) is 7.18. The van der Waals surface area contributed by atoms with Gasteiger partial charge >= 0.3 is 0 Å². The smallest absolute Gasteiger partial charge is 0.269 e. The summed E-state index contributed by atoms with van der Waals surface area (Å²) in [6, 6.07) is 7.67. The predicted octanol–water partition coefficient (Wildman–Crippen LogP) is 3.75. The lowest BCUT2D eigenvalue weighted by Crippen LogP contribution is -2.36. The molecule has 0 N–H and O–H groups in total. The van der Waals surface area contributed by atoms with Crippen LogP contribution in [0.25, 0.3) is 0 Å². The third-order valence-corrected chi connectivity index (χ3v) is 4.00. The number of nitro groups is 1. The molecule has 0 aromatic heterocycles. The third kappa shape index (κ3) is 3.77. The lowest BCUT2D eigenvalue weighted by atomic mass is 9.94. The van der Waals surface area contributed by atoms with E-state index in [1.54, 1.807) is 18.2 Å². The molecule has 4 heteroatoms. The Hall–Kier alpha value is -1.42. The number of non-ortho nitro benzene ring substituents is 1. The molecule has 1 aliphatic carbocycles. The van der Waals surface area contributed by atoms with Crippen LogP contribution in [0.4, 0.5) is 5.69 Å². The fourth-order valence-electron chi connectivity index (χ4n) is 2.95. The molecule has 0 aliphatic heterocycles. The van der Waals surface area contributed by atoms with E-state index < -0.39 is 0 Å².